The zero-order chi connectivity index (χ0) is 18.2. The van der Waals surface area contributed by atoms with Crippen LogP contribution in [-0.2, 0) is 6.54 Å². The van der Waals surface area contributed by atoms with Crippen LogP contribution in [-0.4, -0.2) is 68.6 Å². The summed E-state index contributed by atoms with van der Waals surface area (Å²) >= 11 is 0. The average Bonchev–Trinajstić information content (AvgIpc) is 2.59. The number of nitrogens with zero attached hydrogens (tertiary/aromatic N) is 3. The smallest absolute Gasteiger partial charge is 0.191 e. The van der Waals surface area contributed by atoms with E-state index in [-0.39, 0.29) is 24.0 Å². The number of nitrogens with one attached hydrogen (secondary N) is 2. The van der Waals surface area contributed by atoms with Gasteiger partial charge in [0.05, 0.1) is 0 Å². The van der Waals surface area contributed by atoms with Crippen molar-refractivity contribution in [1.82, 2.24) is 20.4 Å². The summed E-state index contributed by atoms with van der Waals surface area (Å²) in [6.45, 7) is 13.1. The van der Waals surface area contributed by atoms with Gasteiger partial charge in [0.25, 0.3) is 0 Å². The van der Waals surface area contributed by atoms with E-state index in [0.717, 1.165) is 45.2 Å². The molecule has 2 N–H and O–H groups in total. The quantitative estimate of drug-likeness (QED) is 0.379. The standard InChI is InChI=1S/C20H35N5.HI/c1-16(2)19(25-11-9-24(5)10-12-25)15-23-20(21-4)22-14-18-8-6-7-17(3)13-18;/h6-8,13,16,19H,9-12,14-15H2,1-5H3,(H2,21,22,23);1H. The largest absolute Gasteiger partial charge is 0.355 e. The van der Waals surface area contributed by atoms with Gasteiger partial charge in [0, 0.05) is 52.4 Å². The second kappa shape index (κ2) is 11.8. The molecule has 0 spiro atoms. The number of benzene rings is 1. The van der Waals surface area contributed by atoms with Gasteiger partial charge in [0.15, 0.2) is 5.96 Å². The normalized spacial score (nSPS) is 17.7. The van der Waals surface area contributed by atoms with E-state index in [1.165, 1.54) is 11.1 Å². The molecule has 0 saturated carbocycles. The van der Waals surface area contributed by atoms with Crippen molar-refractivity contribution in [2.45, 2.75) is 33.4 Å². The molecule has 0 radical (unpaired) electrons. The van der Waals surface area contributed by atoms with Crippen LogP contribution in [0.5, 0.6) is 0 Å². The van der Waals surface area contributed by atoms with Crippen LogP contribution in [0, 0.1) is 12.8 Å². The number of halogens is 1. The molecule has 148 valence electrons. The first kappa shape index (κ1) is 23.2. The van der Waals surface area contributed by atoms with Crippen molar-refractivity contribution < 1.29 is 0 Å². The van der Waals surface area contributed by atoms with Crippen LogP contribution in [0.15, 0.2) is 29.3 Å². The van der Waals surface area contributed by atoms with Gasteiger partial charge in [-0.15, -0.1) is 24.0 Å². The maximum absolute atomic E-state index is 4.38. The minimum absolute atomic E-state index is 0. The van der Waals surface area contributed by atoms with E-state index in [1.54, 1.807) is 0 Å². The Hall–Kier alpha value is -0.860. The van der Waals surface area contributed by atoms with E-state index in [4.69, 9.17) is 0 Å². The van der Waals surface area contributed by atoms with E-state index in [1.807, 2.05) is 7.05 Å². The Morgan fingerprint density at radius 2 is 1.85 bits per heavy atom. The molecule has 0 bridgehead atoms. The van der Waals surface area contributed by atoms with Gasteiger partial charge in [-0.1, -0.05) is 43.7 Å². The number of guanidine groups is 1. The van der Waals surface area contributed by atoms with Crippen molar-refractivity contribution in [2.75, 3.05) is 46.8 Å². The highest BCUT2D eigenvalue weighted by Gasteiger charge is 2.24. The maximum Gasteiger partial charge on any atom is 0.191 e. The monoisotopic (exact) mass is 473 g/mol. The fourth-order valence-electron chi connectivity index (χ4n) is 3.37. The van der Waals surface area contributed by atoms with Gasteiger partial charge in [-0.3, -0.25) is 9.89 Å². The summed E-state index contributed by atoms with van der Waals surface area (Å²) in [7, 11) is 4.04. The van der Waals surface area contributed by atoms with Crippen molar-refractivity contribution >= 4 is 29.9 Å². The summed E-state index contributed by atoms with van der Waals surface area (Å²) in [4.78, 5) is 9.40. The average molecular weight is 473 g/mol. The predicted molar refractivity (Wildman–Crippen MR) is 122 cm³/mol. The van der Waals surface area contributed by atoms with Gasteiger partial charge < -0.3 is 15.5 Å². The molecular weight excluding hydrogens is 437 g/mol. The second-order valence-electron chi connectivity index (χ2n) is 7.45. The lowest BCUT2D eigenvalue weighted by Crippen LogP contribution is -2.55. The summed E-state index contributed by atoms with van der Waals surface area (Å²) in [6, 6.07) is 9.12. The van der Waals surface area contributed by atoms with Crippen molar-refractivity contribution in [3.05, 3.63) is 35.4 Å². The molecule has 5 nitrogen and oxygen atoms in total. The number of piperazine rings is 1. The highest BCUT2D eigenvalue weighted by Crippen LogP contribution is 2.12. The highest BCUT2D eigenvalue weighted by molar-refractivity contribution is 14.0. The first-order chi connectivity index (χ1) is 12.0. The van der Waals surface area contributed by atoms with Crippen LogP contribution in [0.2, 0.25) is 0 Å². The van der Waals surface area contributed by atoms with Crippen LogP contribution in [0.25, 0.3) is 0 Å². The Morgan fingerprint density at radius 3 is 2.42 bits per heavy atom. The lowest BCUT2D eigenvalue weighted by molar-refractivity contribution is 0.0900. The molecule has 0 amide bonds. The van der Waals surface area contributed by atoms with Crippen LogP contribution in [0.1, 0.15) is 25.0 Å². The van der Waals surface area contributed by atoms with E-state index in [0.29, 0.717) is 12.0 Å². The Bertz CT molecular complexity index is 553. The molecule has 0 aromatic heterocycles. The van der Waals surface area contributed by atoms with Gasteiger partial charge in [0.2, 0.25) is 0 Å². The summed E-state index contributed by atoms with van der Waals surface area (Å²) < 4.78 is 0. The molecule has 1 aliphatic rings. The number of aryl methyl sites for hydroxylation is 1. The van der Waals surface area contributed by atoms with E-state index < -0.39 is 0 Å². The summed E-state index contributed by atoms with van der Waals surface area (Å²) in [6.07, 6.45) is 0. The maximum atomic E-state index is 4.38. The number of rotatable bonds is 6. The number of likely N-dealkylation sites (N-methyl/N-ethyl adjacent to an activating group) is 1. The van der Waals surface area contributed by atoms with Gasteiger partial charge in [-0.25, -0.2) is 0 Å². The third kappa shape index (κ3) is 7.40. The molecule has 1 heterocycles. The molecule has 2 rings (SSSR count). The lowest BCUT2D eigenvalue weighted by atomic mass is 10.0. The van der Waals surface area contributed by atoms with Gasteiger partial charge >= 0.3 is 0 Å². The van der Waals surface area contributed by atoms with Crippen molar-refractivity contribution in [2.24, 2.45) is 10.9 Å². The topological polar surface area (TPSA) is 42.9 Å². The molecule has 1 unspecified atom stereocenters. The van der Waals surface area contributed by atoms with E-state index in [2.05, 4.69) is 77.5 Å². The van der Waals surface area contributed by atoms with Gasteiger partial charge in [0.1, 0.15) is 0 Å². The van der Waals surface area contributed by atoms with Crippen molar-refractivity contribution in [1.29, 1.82) is 0 Å². The Labute approximate surface area is 176 Å². The molecule has 1 aromatic carbocycles. The fraction of sp³-hybridized carbons (Fsp3) is 0.650. The molecule has 1 aromatic rings. The summed E-state index contributed by atoms with van der Waals surface area (Å²) in [5.74, 6) is 1.49. The third-order valence-corrected chi connectivity index (χ3v) is 5.02. The van der Waals surface area contributed by atoms with Crippen LogP contribution in [0.4, 0.5) is 0 Å². The van der Waals surface area contributed by atoms with E-state index >= 15 is 0 Å². The zero-order valence-corrected chi connectivity index (χ0v) is 19.3. The first-order valence-electron chi connectivity index (χ1n) is 9.42. The Morgan fingerprint density at radius 1 is 1.15 bits per heavy atom. The zero-order valence-electron chi connectivity index (χ0n) is 17.0. The molecule has 26 heavy (non-hydrogen) atoms. The van der Waals surface area contributed by atoms with Crippen LogP contribution >= 0.6 is 24.0 Å². The minimum atomic E-state index is 0. The van der Waals surface area contributed by atoms with Crippen molar-refractivity contribution in [3.8, 4) is 0 Å². The first-order valence-corrected chi connectivity index (χ1v) is 9.42. The Balaban J connectivity index is 0.00000338. The van der Waals surface area contributed by atoms with Gasteiger partial charge in [-0.05, 0) is 25.5 Å². The van der Waals surface area contributed by atoms with Crippen molar-refractivity contribution in [3.63, 3.8) is 0 Å². The fourth-order valence-corrected chi connectivity index (χ4v) is 3.37. The number of hydrogen-bond acceptors (Lipinski definition) is 3. The minimum Gasteiger partial charge on any atom is -0.355 e. The van der Waals surface area contributed by atoms with Crippen LogP contribution < -0.4 is 10.6 Å². The molecule has 1 aliphatic heterocycles. The molecule has 1 saturated heterocycles. The lowest BCUT2D eigenvalue weighted by Gasteiger charge is -2.40. The van der Waals surface area contributed by atoms with Gasteiger partial charge in [-0.2, -0.15) is 0 Å². The summed E-state index contributed by atoms with van der Waals surface area (Å²) in [5.41, 5.74) is 2.57. The summed E-state index contributed by atoms with van der Waals surface area (Å²) in [5, 5.41) is 6.96. The van der Waals surface area contributed by atoms with Crippen LogP contribution in [0.3, 0.4) is 0 Å². The molecular formula is C20H36IN5. The molecule has 1 atom stereocenters. The SMILES string of the molecule is CN=C(NCc1cccc(C)c1)NCC(C(C)C)N1CCN(C)CC1.I. The Kier molecular flexibility index (Phi) is 10.5. The number of aliphatic imine (C=N–C) groups is 1. The third-order valence-electron chi connectivity index (χ3n) is 5.02. The van der Waals surface area contributed by atoms with E-state index in [9.17, 15) is 0 Å². The number of hydrogen-bond donors (Lipinski definition) is 2. The molecule has 0 aliphatic carbocycles. The second-order valence-corrected chi connectivity index (χ2v) is 7.45. The predicted octanol–water partition coefficient (Wildman–Crippen LogP) is 2.55. The molecule has 6 heteroatoms. The highest BCUT2D eigenvalue weighted by atomic mass is 127. The molecule has 1 fully saturated rings.